The van der Waals surface area contributed by atoms with E-state index in [0.717, 1.165) is 6.54 Å². The maximum atomic E-state index is 12.1. The highest BCUT2D eigenvalue weighted by Gasteiger charge is 2.44. The van der Waals surface area contributed by atoms with Gasteiger partial charge >= 0.3 is 12.0 Å². The lowest BCUT2D eigenvalue weighted by molar-refractivity contribution is -0.148. The Hall–Kier alpha value is -2.05. The van der Waals surface area contributed by atoms with E-state index in [0.29, 0.717) is 25.1 Å². The molecule has 0 saturated carbocycles. The molecule has 0 aromatic carbocycles. The predicted molar refractivity (Wildman–Crippen MR) is 73.5 cm³/mol. The number of hydrogen-bond donors (Lipinski definition) is 2. The highest BCUT2D eigenvalue weighted by atomic mass is 16.4. The molecule has 1 saturated heterocycles. The highest BCUT2D eigenvalue weighted by Crippen LogP contribution is 2.34. The number of anilines is 1. The van der Waals surface area contributed by atoms with Crippen molar-refractivity contribution in [3.63, 3.8) is 0 Å². The Morgan fingerprint density at radius 3 is 2.75 bits per heavy atom. The zero-order valence-electron chi connectivity index (χ0n) is 11.8. The summed E-state index contributed by atoms with van der Waals surface area (Å²) >= 11 is 0. The van der Waals surface area contributed by atoms with Gasteiger partial charge in [0, 0.05) is 25.8 Å². The smallest absolute Gasteiger partial charge is 0.321 e. The molecule has 7 heteroatoms. The molecule has 1 atom stereocenters. The first-order valence-corrected chi connectivity index (χ1v) is 6.82. The number of carbonyl (C=O) groups is 2. The van der Waals surface area contributed by atoms with Crippen molar-refractivity contribution in [3.8, 4) is 0 Å². The van der Waals surface area contributed by atoms with Crippen LogP contribution in [0.25, 0.3) is 0 Å². The summed E-state index contributed by atoms with van der Waals surface area (Å²) in [5.74, 6) is -0.825. The first kappa shape index (κ1) is 14.4. The van der Waals surface area contributed by atoms with Crippen molar-refractivity contribution in [3.05, 3.63) is 12.4 Å². The second kappa shape index (κ2) is 5.52. The van der Waals surface area contributed by atoms with Crippen LogP contribution in [-0.2, 0) is 11.3 Å². The van der Waals surface area contributed by atoms with Crippen LogP contribution in [0.15, 0.2) is 12.4 Å². The summed E-state index contributed by atoms with van der Waals surface area (Å²) in [5.41, 5.74) is -0.175. The van der Waals surface area contributed by atoms with Gasteiger partial charge in [0.15, 0.2) is 0 Å². The van der Waals surface area contributed by atoms with Crippen molar-refractivity contribution in [2.45, 2.75) is 33.2 Å². The molecule has 1 aliphatic heterocycles. The number of aryl methyl sites for hydroxylation is 1. The summed E-state index contributed by atoms with van der Waals surface area (Å²) in [7, 11) is 0. The van der Waals surface area contributed by atoms with Crippen LogP contribution >= 0.6 is 0 Å². The van der Waals surface area contributed by atoms with Gasteiger partial charge in [-0.15, -0.1) is 0 Å². The van der Waals surface area contributed by atoms with Crippen molar-refractivity contribution in [2.75, 3.05) is 18.4 Å². The number of rotatable bonds is 4. The van der Waals surface area contributed by atoms with Gasteiger partial charge in [0.05, 0.1) is 17.3 Å². The lowest BCUT2D eigenvalue weighted by Crippen LogP contribution is -2.38. The zero-order chi connectivity index (χ0) is 14.8. The van der Waals surface area contributed by atoms with E-state index in [1.54, 1.807) is 22.0 Å². The number of carbonyl (C=O) groups excluding carboxylic acids is 1. The molecule has 1 aliphatic rings. The van der Waals surface area contributed by atoms with Crippen molar-refractivity contribution < 1.29 is 14.7 Å². The minimum absolute atomic E-state index is 0.257. The quantitative estimate of drug-likeness (QED) is 0.877. The molecule has 2 N–H and O–H groups in total. The van der Waals surface area contributed by atoms with Gasteiger partial charge < -0.3 is 15.3 Å². The molecular formula is C13H20N4O3. The van der Waals surface area contributed by atoms with Gasteiger partial charge in [-0.1, -0.05) is 6.92 Å². The summed E-state index contributed by atoms with van der Waals surface area (Å²) in [6.07, 6.45) is 4.36. The fraction of sp³-hybridized carbons (Fsp3) is 0.615. The van der Waals surface area contributed by atoms with E-state index in [4.69, 9.17) is 0 Å². The molecule has 2 amide bonds. The van der Waals surface area contributed by atoms with E-state index in [1.807, 2.05) is 13.8 Å². The molecule has 2 rings (SSSR count). The van der Waals surface area contributed by atoms with Gasteiger partial charge in [-0.25, -0.2) is 4.79 Å². The van der Waals surface area contributed by atoms with Crippen LogP contribution in [-0.4, -0.2) is 44.9 Å². The Morgan fingerprint density at radius 1 is 1.50 bits per heavy atom. The number of likely N-dealkylation sites (tertiary alicyclic amines) is 1. The number of nitrogens with one attached hydrogen (secondary N) is 1. The molecule has 0 radical (unpaired) electrons. The molecule has 110 valence electrons. The number of hydrogen-bond acceptors (Lipinski definition) is 3. The standard InChI is InChI=1S/C13H20N4O3/c1-3-13(11(18)19)5-6-16(9-13)12(20)15-10-7-14-17(4-2)8-10/h7-8H,3-6,9H2,1-2H3,(H,15,20)(H,18,19). The van der Waals surface area contributed by atoms with Crippen LogP contribution in [0.5, 0.6) is 0 Å². The number of aliphatic carboxylic acids is 1. The fourth-order valence-corrected chi connectivity index (χ4v) is 2.46. The van der Waals surface area contributed by atoms with E-state index in [2.05, 4.69) is 10.4 Å². The molecule has 0 aliphatic carbocycles. The average Bonchev–Trinajstić information content (AvgIpc) is 3.05. The van der Waals surface area contributed by atoms with Crippen LogP contribution in [0.3, 0.4) is 0 Å². The van der Waals surface area contributed by atoms with Gasteiger partial charge in [-0.05, 0) is 19.8 Å². The number of carboxylic acids is 1. The molecule has 1 fully saturated rings. The maximum absolute atomic E-state index is 12.1. The molecule has 2 heterocycles. The van der Waals surface area contributed by atoms with Crippen molar-refractivity contribution >= 4 is 17.7 Å². The largest absolute Gasteiger partial charge is 0.481 e. The summed E-state index contributed by atoms with van der Waals surface area (Å²) in [4.78, 5) is 25.0. The molecule has 0 bridgehead atoms. The highest BCUT2D eigenvalue weighted by molar-refractivity contribution is 5.90. The van der Waals surface area contributed by atoms with Crippen LogP contribution in [0.2, 0.25) is 0 Å². The third-order valence-corrected chi connectivity index (χ3v) is 3.98. The molecule has 0 spiro atoms. The second-order valence-corrected chi connectivity index (χ2v) is 5.13. The van der Waals surface area contributed by atoms with Crippen LogP contribution in [0.1, 0.15) is 26.7 Å². The second-order valence-electron chi connectivity index (χ2n) is 5.13. The predicted octanol–water partition coefficient (Wildman–Crippen LogP) is 1.62. The first-order valence-electron chi connectivity index (χ1n) is 6.82. The Bertz CT molecular complexity index is 513. The number of aromatic nitrogens is 2. The first-order chi connectivity index (χ1) is 9.50. The number of urea groups is 1. The summed E-state index contributed by atoms with van der Waals surface area (Å²) < 4.78 is 1.72. The number of carboxylic acid groups (broad SMARTS) is 1. The fourth-order valence-electron chi connectivity index (χ4n) is 2.46. The number of amides is 2. The normalized spacial score (nSPS) is 22.0. The topological polar surface area (TPSA) is 87.5 Å². The van der Waals surface area contributed by atoms with E-state index >= 15 is 0 Å². The van der Waals surface area contributed by atoms with Gasteiger partial charge in [0.25, 0.3) is 0 Å². The lowest BCUT2D eigenvalue weighted by Gasteiger charge is -2.23. The van der Waals surface area contributed by atoms with Gasteiger partial charge in [0.2, 0.25) is 0 Å². The summed E-state index contributed by atoms with van der Waals surface area (Å²) in [5, 5.41) is 16.1. The van der Waals surface area contributed by atoms with Gasteiger partial charge in [-0.2, -0.15) is 5.10 Å². The van der Waals surface area contributed by atoms with Gasteiger partial charge in [0.1, 0.15) is 0 Å². The van der Waals surface area contributed by atoms with E-state index in [-0.39, 0.29) is 12.6 Å². The third-order valence-electron chi connectivity index (χ3n) is 3.98. The average molecular weight is 280 g/mol. The maximum Gasteiger partial charge on any atom is 0.321 e. The Labute approximate surface area is 117 Å². The van der Waals surface area contributed by atoms with Gasteiger partial charge in [-0.3, -0.25) is 9.48 Å². The monoisotopic (exact) mass is 280 g/mol. The summed E-state index contributed by atoms with van der Waals surface area (Å²) in [6.45, 7) is 5.26. The molecule has 1 aromatic heterocycles. The minimum atomic E-state index is -0.825. The molecular weight excluding hydrogens is 260 g/mol. The Kier molecular flexibility index (Phi) is 3.96. The van der Waals surface area contributed by atoms with Crippen LogP contribution in [0, 0.1) is 5.41 Å². The van der Waals surface area contributed by atoms with E-state index in [1.165, 1.54) is 0 Å². The minimum Gasteiger partial charge on any atom is -0.481 e. The molecule has 7 nitrogen and oxygen atoms in total. The lowest BCUT2D eigenvalue weighted by atomic mass is 9.84. The van der Waals surface area contributed by atoms with Crippen molar-refractivity contribution in [1.82, 2.24) is 14.7 Å². The van der Waals surface area contributed by atoms with E-state index < -0.39 is 11.4 Å². The van der Waals surface area contributed by atoms with Crippen molar-refractivity contribution in [2.24, 2.45) is 5.41 Å². The molecule has 20 heavy (non-hydrogen) atoms. The van der Waals surface area contributed by atoms with Crippen LogP contribution in [0.4, 0.5) is 10.5 Å². The molecule has 1 unspecified atom stereocenters. The van der Waals surface area contributed by atoms with E-state index in [9.17, 15) is 14.7 Å². The Balaban J connectivity index is 1.99. The van der Waals surface area contributed by atoms with Crippen molar-refractivity contribution in [1.29, 1.82) is 0 Å². The summed E-state index contributed by atoms with van der Waals surface area (Å²) in [6, 6.07) is -0.266. The number of nitrogens with zero attached hydrogens (tertiary/aromatic N) is 3. The zero-order valence-corrected chi connectivity index (χ0v) is 11.8. The molecule has 1 aromatic rings. The third kappa shape index (κ3) is 2.61. The SMILES string of the molecule is CCn1cc(NC(=O)N2CCC(CC)(C(=O)O)C2)cn1. The van der Waals surface area contributed by atoms with Crippen LogP contribution < -0.4 is 5.32 Å². The Morgan fingerprint density at radius 2 is 2.25 bits per heavy atom.